The minimum atomic E-state index is 0.121. The number of rotatable bonds is 7. The van der Waals surface area contributed by atoms with E-state index in [1.807, 2.05) is 39.0 Å². The molecule has 0 amide bonds. The van der Waals surface area contributed by atoms with Crippen LogP contribution in [0.15, 0.2) is 30.6 Å². The highest BCUT2D eigenvalue weighted by Gasteiger charge is 2.05. The van der Waals surface area contributed by atoms with E-state index in [1.54, 1.807) is 12.4 Å². The lowest BCUT2D eigenvalue weighted by Crippen LogP contribution is -2.08. The first kappa shape index (κ1) is 15.1. The van der Waals surface area contributed by atoms with E-state index in [4.69, 9.17) is 9.47 Å². The quantitative estimate of drug-likeness (QED) is 0.847. The lowest BCUT2D eigenvalue weighted by Gasteiger charge is -2.14. The molecule has 0 spiro atoms. The van der Waals surface area contributed by atoms with Crippen molar-refractivity contribution < 1.29 is 9.47 Å². The summed E-state index contributed by atoms with van der Waals surface area (Å²) in [7, 11) is 0. The Morgan fingerprint density at radius 1 is 1.14 bits per heavy atom. The van der Waals surface area contributed by atoms with Gasteiger partial charge in [0, 0.05) is 31.1 Å². The van der Waals surface area contributed by atoms with Crippen molar-refractivity contribution in [2.45, 2.75) is 33.4 Å². The molecule has 1 heterocycles. The molecule has 0 unspecified atom stereocenters. The first-order valence-corrected chi connectivity index (χ1v) is 7.02. The maximum atomic E-state index is 5.75. The van der Waals surface area contributed by atoms with Crippen LogP contribution >= 0.6 is 0 Å². The Hall–Kier alpha value is -2.30. The average molecular weight is 286 g/mol. The molecule has 5 nitrogen and oxygen atoms in total. The van der Waals surface area contributed by atoms with E-state index >= 15 is 0 Å². The lowest BCUT2D eigenvalue weighted by atomic mass is 10.2. The van der Waals surface area contributed by atoms with Crippen molar-refractivity contribution in [3.05, 3.63) is 42.2 Å². The van der Waals surface area contributed by atoms with Crippen molar-refractivity contribution in [1.29, 1.82) is 0 Å². The zero-order valence-corrected chi connectivity index (χ0v) is 12.6. The number of ether oxygens (including phenoxy) is 2. The summed E-state index contributed by atoms with van der Waals surface area (Å²) in [5.41, 5.74) is 1.05. The summed E-state index contributed by atoms with van der Waals surface area (Å²) >= 11 is 0. The Balaban J connectivity index is 2.11. The second-order valence-electron chi connectivity index (χ2n) is 4.77. The topological polar surface area (TPSA) is 56.3 Å². The van der Waals surface area contributed by atoms with Gasteiger partial charge in [-0.25, -0.2) is 9.97 Å². The highest BCUT2D eigenvalue weighted by atomic mass is 16.5. The molecular formula is C16H20N3O2. The Labute approximate surface area is 125 Å². The van der Waals surface area contributed by atoms with Gasteiger partial charge in [-0.05, 0) is 38.5 Å². The molecule has 21 heavy (non-hydrogen) atoms. The van der Waals surface area contributed by atoms with Gasteiger partial charge < -0.3 is 14.8 Å². The second kappa shape index (κ2) is 7.47. The SMILES string of the molecule is CCOc1cc(CNc2nc[c]cn2)cc(OC(C)C)c1. The van der Waals surface area contributed by atoms with E-state index in [0.29, 0.717) is 19.1 Å². The monoisotopic (exact) mass is 286 g/mol. The molecule has 0 saturated heterocycles. The van der Waals surface area contributed by atoms with Crippen molar-refractivity contribution in [3.8, 4) is 11.5 Å². The molecule has 5 heteroatoms. The third kappa shape index (κ3) is 4.95. The van der Waals surface area contributed by atoms with Crippen molar-refractivity contribution >= 4 is 5.95 Å². The Bertz CT molecular complexity index is 559. The molecule has 2 rings (SSSR count). The minimum Gasteiger partial charge on any atom is -0.494 e. The molecule has 0 aliphatic carbocycles. The van der Waals surface area contributed by atoms with E-state index in [2.05, 4.69) is 21.4 Å². The highest BCUT2D eigenvalue weighted by Crippen LogP contribution is 2.24. The predicted molar refractivity (Wildman–Crippen MR) is 81.6 cm³/mol. The maximum absolute atomic E-state index is 5.75. The van der Waals surface area contributed by atoms with Gasteiger partial charge in [0.25, 0.3) is 0 Å². The van der Waals surface area contributed by atoms with Crippen molar-refractivity contribution in [2.75, 3.05) is 11.9 Å². The summed E-state index contributed by atoms with van der Waals surface area (Å²) < 4.78 is 11.3. The third-order valence-electron chi connectivity index (χ3n) is 2.60. The number of benzene rings is 1. The Morgan fingerprint density at radius 2 is 1.86 bits per heavy atom. The number of hydrogen-bond donors (Lipinski definition) is 1. The predicted octanol–water partition coefficient (Wildman–Crippen LogP) is 3.07. The van der Waals surface area contributed by atoms with E-state index in [0.717, 1.165) is 17.1 Å². The van der Waals surface area contributed by atoms with Crippen LogP contribution in [-0.2, 0) is 6.54 Å². The molecule has 0 aliphatic rings. The fourth-order valence-electron chi connectivity index (χ4n) is 1.86. The molecule has 1 radical (unpaired) electrons. The summed E-state index contributed by atoms with van der Waals surface area (Å²) in [6.07, 6.45) is 3.29. The first-order valence-electron chi connectivity index (χ1n) is 7.02. The Kier molecular flexibility index (Phi) is 5.37. The van der Waals surface area contributed by atoms with Crippen LogP contribution in [0, 0.1) is 6.07 Å². The van der Waals surface area contributed by atoms with Crippen LogP contribution < -0.4 is 14.8 Å². The molecule has 0 atom stereocenters. The fourth-order valence-corrected chi connectivity index (χ4v) is 1.86. The zero-order chi connectivity index (χ0) is 15.1. The summed E-state index contributed by atoms with van der Waals surface area (Å²) in [4.78, 5) is 8.17. The highest BCUT2D eigenvalue weighted by molar-refractivity contribution is 5.40. The van der Waals surface area contributed by atoms with Gasteiger partial charge in [-0.1, -0.05) is 0 Å². The number of anilines is 1. The summed E-state index contributed by atoms with van der Waals surface area (Å²) in [6, 6.07) is 8.66. The maximum Gasteiger partial charge on any atom is 0.222 e. The van der Waals surface area contributed by atoms with Gasteiger partial charge in [-0.3, -0.25) is 0 Å². The fraction of sp³-hybridized carbons (Fsp3) is 0.375. The molecule has 111 valence electrons. The molecule has 0 bridgehead atoms. The summed E-state index contributed by atoms with van der Waals surface area (Å²) in [5.74, 6) is 2.17. The third-order valence-corrected chi connectivity index (χ3v) is 2.60. The van der Waals surface area contributed by atoms with E-state index < -0.39 is 0 Å². The van der Waals surface area contributed by atoms with Crippen LogP contribution in [0.2, 0.25) is 0 Å². The van der Waals surface area contributed by atoms with Crippen LogP contribution in [0.4, 0.5) is 5.95 Å². The van der Waals surface area contributed by atoms with Gasteiger partial charge in [0.15, 0.2) is 0 Å². The molecule has 1 N–H and O–H groups in total. The van der Waals surface area contributed by atoms with E-state index in [1.165, 1.54) is 0 Å². The lowest BCUT2D eigenvalue weighted by molar-refractivity contribution is 0.240. The van der Waals surface area contributed by atoms with Gasteiger partial charge in [0.2, 0.25) is 5.95 Å². The van der Waals surface area contributed by atoms with Crippen LogP contribution in [0.1, 0.15) is 26.3 Å². The Morgan fingerprint density at radius 3 is 2.52 bits per heavy atom. The van der Waals surface area contributed by atoms with Gasteiger partial charge in [0.05, 0.1) is 12.7 Å². The van der Waals surface area contributed by atoms with E-state index in [-0.39, 0.29) is 6.10 Å². The number of nitrogens with one attached hydrogen (secondary N) is 1. The second-order valence-corrected chi connectivity index (χ2v) is 4.77. The van der Waals surface area contributed by atoms with Crippen LogP contribution in [0.25, 0.3) is 0 Å². The standard InChI is InChI=1S/C16H20N3O2/c1-4-20-14-8-13(9-15(10-14)21-12(2)3)11-19-16-17-6-5-7-18-16/h6-10,12H,4,11H2,1-3H3,(H,17,18,19). The molecular weight excluding hydrogens is 266 g/mol. The number of hydrogen-bond acceptors (Lipinski definition) is 5. The van der Waals surface area contributed by atoms with Crippen molar-refractivity contribution in [2.24, 2.45) is 0 Å². The molecule has 0 fully saturated rings. The van der Waals surface area contributed by atoms with Gasteiger partial charge in [0.1, 0.15) is 11.5 Å². The van der Waals surface area contributed by atoms with Gasteiger partial charge >= 0.3 is 0 Å². The van der Waals surface area contributed by atoms with Crippen molar-refractivity contribution in [3.63, 3.8) is 0 Å². The molecule has 0 aliphatic heterocycles. The number of nitrogens with zero attached hydrogens (tertiary/aromatic N) is 2. The normalized spacial score (nSPS) is 10.5. The first-order chi connectivity index (χ1) is 10.2. The molecule has 2 aromatic rings. The molecule has 0 saturated carbocycles. The van der Waals surface area contributed by atoms with Gasteiger partial charge in [-0.15, -0.1) is 0 Å². The summed E-state index contributed by atoms with van der Waals surface area (Å²) in [6.45, 7) is 7.18. The van der Waals surface area contributed by atoms with Crippen molar-refractivity contribution in [1.82, 2.24) is 9.97 Å². The smallest absolute Gasteiger partial charge is 0.222 e. The number of aromatic nitrogens is 2. The molecule has 1 aromatic carbocycles. The average Bonchev–Trinajstić information content (AvgIpc) is 2.46. The van der Waals surface area contributed by atoms with E-state index in [9.17, 15) is 0 Å². The van der Waals surface area contributed by atoms with Crippen LogP contribution in [-0.4, -0.2) is 22.7 Å². The summed E-state index contributed by atoms with van der Waals surface area (Å²) in [5, 5.41) is 3.16. The minimum absolute atomic E-state index is 0.121. The zero-order valence-electron chi connectivity index (χ0n) is 12.6. The van der Waals surface area contributed by atoms with Crippen LogP contribution in [0.3, 0.4) is 0 Å². The van der Waals surface area contributed by atoms with Crippen LogP contribution in [0.5, 0.6) is 11.5 Å². The largest absolute Gasteiger partial charge is 0.494 e. The molecule has 1 aromatic heterocycles. The van der Waals surface area contributed by atoms with Gasteiger partial charge in [-0.2, -0.15) is 0 Å².